The van der Waals surface area contributed by atoms with Gasteiger partial charge in [-0.05, 0) is 12.1 Å². The molecule has 7 heteroatoms. The highest BCUT2D eigenvalue weighted by atomic mass is 32.2. The number of sulfonamides is 1. The van der Waals surface area contributed by atoms with Gasteiger partial charge in [0.25, 0.3) is 0 Å². The molecule has 0 aromatic heterocycles. The number of nitrogens with zero attached hydrogens (tertiary/aromatic N) is 1. The van der Waals surface area contributed by atoms with Crippen LogP contribution in [0.5, 0.6) is 0 Å². The molecule has 0 aliphatic heterocycles. The number of benzene rings is 2. The minimum Gasteiger partial charge on any atom is -0.377 e. The van der Waals surface area contributed by atoms with E-state index >= 15 is 0 Å². The third kappa shape index (κ3) is 3.56. The van der Waals surface area contributed by atoms with Crippen LogP contribution >= 0.6 is 0 Å². The van der Waals surface area contributed by atoms with Crippen molar-refractivity contribution in [2.24, 2.45) is 5.73 Å². The summed E-state index contributed by atoms with van der Waals surface area (Å²) in [6, 6.07) is 11.0. The second-order valence-corrected chi connectivity index (χ2v) is 6.87. The minimum atomic E-state index is -3.58. The summed E-state index contributed by atoms with van der Waals surface area (Å²) < 4.78 is 27.5. The monoisotopic (exact) mass is 322 g/mol. The van der Waals surface area contributed by atoms with Gasteiger partial charge in [-0.25, -0.2) is 8.42 Å². The quantitative estimate of drug-likeness (QED) is 0.516. The Morgan fingerprint density at radius 1 is 1.09 bits per heavy atom. The molecule has 6 nitrogen and oxygen atoms in total. The van der Waals surface area contributed by atoms with Crippen LogP contribution < -0.4 is 20.7 Å². The summed E-state index contributed by atoms with van der Waals surface area (Å²) in [6.45, 7) is 1.17. The fourth-order valence-electron chi connectivity index (χ4n) is 2.30. The number of hydrogen-bond donors (Lipinski definition) is 3. The highest BCUT2D eigenvalue weighted by Crippen LogP contribution is 2.29. The molecule has 0 atom stereocenters. The van der Waals surface area contributed by atoms with Crippen LogP contribution in [0, 0.1) is 0 Å². The van der Waals surface area contributed by atoms with Crippen molar-refractivity contribution < 1.29 is 8.42 Å². The summed E-state index contributed by atoms with van der Waals surface area (Å²) in [6.07, 6.45) is 0. The normalized spacial score (nSPS) is 11.8. The van der Waals surface area contributed by atoms with Crippen molar-refractivity contribution in [3.8, 4) is 0 Å². The smallest absolute Gasteiger partial charge is 0.242 e. The van der Waals surface area contributed by atoms with E-state index in [-0.39, 0.29) is 11.6 Å². The third-order valence-electron chi connectivity index (χ3n) is 3.34. The van der Waals surface area contributed by atoms with Crippen molar-refractivity contribution in [3.63, 3.8) is 0 Å². The van der Waals surface area contributed by atoms with Crippen LogP contribution in [0.25, 0.3) is 10.8 Å². The van der Waals surface area contributed by atoms with E-state index in [1.807, 2.05) is 43.3 Å². The first-order valence-electron chi connectivity index (χ1n) is 7.07. The van der Waals surface area contributed by atoms with Gasteiger partial charge in [-0.15, -0.1) is 0 Å². The average Bonchev–Trinajstić information content (AvgIpc) is 2.50. The van der Waals surface area contributed by atoms with Gasteiger partial charge >= 0.3 is 0 Å². The lowest BCUT2D eigenvalue weighted by molar-refractivity contribution is 0.571. The number of rotatable bonds is 7. The van der Waals surface area contributed by atoms with E-state index in [0.29, 0.717) is 18.5 Å². The summed E-state index contributed by atoms with van der Waals surface area (Å²) in [5, 5.41) is 4.53. The zero-order chi connectivity index (χ0) is 16.2. The maximum atomic E-state index is 12.5. The second kappa shape index (κ2) is 7.06. The van der Waals surface area contributed by atoms with Crippen LogP contribution in [-0.2, 0) is 10.0 Å². The Labute approximate surface area is 131 Å². The van der Waals surface area contributed by atoms with Crippen molar-refractivity contribution in [1.82, 2.24) is 10.0 Å². The number of anilines is 1. The van der Waals surface area contributed by atoms with E-state index in [4.69, 9.17) is 5.73 Å². The Bertz CT molecular complexity index is 744. The molecule has 0 aliphatic carbocycles. The molecule has 120 valence electrons. The lowest BCUT2D eigenvalue weighted by Gasteiger charge is -2.17. The van der Waals surface area contributed by atoms with E-state index < -0.39 is 10.0 Å². The zero-order valence-electron chi connectivity index (χ0n) is 12.8. The van der Waals surface area contributed by atoms with Gasteiger partial charge in [0.2, 0.25) is 10.0 Å². The Kier molecular flexibility index (Phi) is 5.36. The van der Waals surface area contributed by atoms with Crippen LogP contribution in [0.3, 0.4) is 0 Å². The summed E-state index contributed by atoms with van der Waals surface area (Å²) in [4.78, 5) is 2.25. The highest BCUT2D eigenvalue weighted by Gasteiger charge is 2.17. The second-order valence-electron chi connectivity index (χ2n) is 5.14. The molecule has 2 rings (SSSR count). The number of fused-ring (bicyclic) bond motifs is 1. The largest absolute Gasteiger partial charge is 0.377 e. The molecule has 0 saturated heterocycles. The van der Waals surface area contributed by atoms with Crippen LogP contribution in [0.2, 0.25) is 0 Å². The summed E-state index contributed by atoms with van der Waals surface area (Å²) in [5.41, 5.74) is 6.35. The first kappa shape index (κ1) is 16.7. The van der Waals surface area contributed by atoms with Crippen molar-refractivity contribution >= 4 is 26.5 Å². The number of hydrogen-bond acceptors (Lipinski definition) is 5. The summed E-state index contributed by atoms with van der Waals surface area (Å²) in [5.74, 6) is 0. The van der Waals surface area contributed by atoms with Crippen molar-refractivity contribution in [1.29, 1.82) is 0 Å². The molecular formula is C15H22N4O2S. The van der Waals surface area contributed by atoms with Crippen LogP contribution in [-0.4, -0.2) is 42.3 Å². The molecule has 0 fully saturated rings. The van der Waals surface area contributed by atoms with Crippen LogP contribution in [0.1, 0.15) is 0 Å². The number of nitrogens with one attached hydrogen (secondary N) is 2. The molecular weight excluding hydrogens is 300 g/mol. The Balaban J connectivity index is 2.41. The molecule has 0 unspecified atom stereocenters. The molecule has 0 saturated carbocycles. The standard InChI is InChI=1S/C15H22N4O2S/c1-19(2)14-7-3-6-13-12(14)5-4-8-15(13)22(20,21)18-11-17-10-9-16/h3-8,17-18H,9-11,16H2,1-2H3. The van der Waals surface area contributed by atoms with Gasteiger partial charge in [0.05, 0.1) is 11.6 Å². The fourth-order valence-corrected chi connectivity index (χ4v) is 3.48. The maximum absolute atomic E-state index is 12.5. The molecule has 0 aliphatic rings. The van der Waals surface area contributed by atoms with Gasteiger partial charge in [0, 0.05) is 43.6 Å². The summed E-state index contributed by atoms with van der Waals surface area (Å²) >= 11 is 0. The summed E-state index contributed by atoms with van der Waals surface area (Å²) in [7, 11) is 0.289. The van der Waals surface area contributed by atoms with Crippen molar-refractivity contribution in [3.05, 3.63) is 36.4 Å². The first-order chi connectivity index (χ1) is 10.5. The van der Waals surface area contributed by atoms with Gasteiger partial charge in [0.15, 0.2) is 0 Å². The van der Waals surface area contributed by atoms with Crippen LogP contribution in [0.4, 0.5) is 5.69 Å². The molecule has 0 radical (unpaired) electrons. The SMILES string of the molecule is CN(C)c1cccc2c(S(=O)(=O)NCNCCN)cccc12. The Hall–Kier alpha value is -1.67. The molecule has 2 aromatic rings. The van der Waals surface area contributed by atoms with E-state index in [1.54, 1.807) is 12.1 Å². The van der Waals surface area contributed by atoms with Crippen molar-refractivity contribution in [2.45, 2.75) is 4.90 Å². The van der Waals surface area contributed by atoms with Crippen LogP contribution in [0.15, 0.2) is 41.3 Å². The molecule has 4 N–H and O–H groups in total. The molecule has 22 heavy (non-hydrogen) atoms. The maximum Gasteiger partial charge on any atom is 0.242 e. The molecule has 0 heterocycles. The molecule has 2 aromatic carbocycles. The number of nitrogens with two attached hydrogens (primary N) is 1. The van der Waals surface area contributed by atoms with Gasteiger partial charge < -0.3 is 16.0 Å². The first-order valence-corrected chi connectivity index (χ1v) is 8.55. The predicted octanol–water partition coefficient (Wildman–Crippen LogP) is 0.690. The van der Waals surface area contributed by atoms with Gasteiger partial charge in [-0.2, -0.15) is 4.72 Å². The predicted molar refractivity (Wildman–Crippen MR) is 90.5 cm³/mol. The lowest BCUT2D eigenvalue weighted by atomic mass is 10.1. The fraction of sp³-hybridized carbons (Fsp3) is 0.333. The van der Waals surface area contributed by atoms with Gasteiger partial charge in [-0.1, -0.05) is 24.3 Å². The van der Waals surface area contributed by atoms with Crippen molar-refractivity contribution in [2.75, 3.05) is 38.8 Å². The highest BCUT2D eigenvalue weighted by molar-refractivity contribution is 7.89. The van der Waals surface area contributed by atoms with E-state index in [9.17, 15) is 8.42 Å². The minimum absolute atomic E-state index is 0.156. The molecule has 0 spiro atoms. The van der Waals surface area contributed by atoms with E-state index in [2.05, 4.69) is 10.0 Å². The van der Waals surface area contributed by atoms with Gasteiger partial charge in [0.1, 0.15) is 0 Å². The topological polar surface area (TPSA) is 87.5 Å². The average molecular weight is 322 g/mol. The zero-order valence-corrected chi connectivity index (χ0v) is 13.7. The Morgan fingerprint density at radius 3 is 2.45 bits per heavy atom. The van der Waals surface area contributed by atoms with Gasteiger partial charge in [-0.3, -0.25) is 0 Å². The lowest BCUT2D eigenvalue weighted by Crippen LogP contribution is -2.36. The third-order valence-corrected chi connectivity index (χ3v) is 4.80. The molecule has 0 bridgehead atoms. The molecule has 0 amide bonds. The van der Waals surface area contributed by atoms with E-state index in [0.717, 1.165) is 11.1 Å². The Morgan fingerprint density at radius 2 is 1.77 bits per heavy atom. The van der Waals surface area contributed by atoms with E-state index in [1.165, 1.54) is 0 Å².